The van der Waals surface area contributed by atoms with Gasteiger partial charge >= 0.3 is 0 Å². The van der Waals surface area contributed by atoms with Crippen LogP contribution in [0, 0.1) is 11.7 Å². The molecule has 8 nitrogen and oxygen atoms in total. The molecule has 0 aliphatic carbocycles. The van der Waals surface area contributed by atoms with Crippen LogP contribution in [0.4, 0.5) is 4.39 Å². The van der Waals surface area contributed by atoms with Gasteiger partial charge in [-0.25, -0.2) is 9.37 Å². The summed E-state index contributed by atoms with van der Waals surface area (Å²) < 4.78 is 30.3. The molecule has 1 N–H and O–H groups in total. The summed E-state index contributed by atoms with van der Waals surface area (Å²) in [5, 5.41) is 2.72. The van der Waals surface area contributed by atoms with Gasteiger partial charge in [0.1, 0.15) is 23.6 Å². The molecule has 1 aliphatic heterocycles. The van der Waals surface area contributed by atoms with Gasteiger partial charge in [0.2, 0.25) is 11.8 Å². The van der Waals surface area contributed by atoms with E-state index in [9.17, 15) is 14.0 Å². The van der Waals surface area contributed by atoms with Crippen LogP contribution in [-0.2, 0) is 24.4 Å². The zero-order chi connectivity index (χ0) is 26.6. The van der Waals surface area contributed by atoms with Crippen molar-refractivity contribution in [3.05, 3.63) is 107 Å². The topological polar surface area (TPSA) is 97.8 Å². The van der Waals surface area contributed by atoms with Crippen molar-refractivity contribution in [2.45, 2.75) is 39.5 Å². The lowest BCUT2D eigenvalue weighted by Crippen LogP contribution is -2.42. The van der Waals surface area contributed by atoms with Gasteiger partial charge in [-0.3, -0.25) is 9.59 Å². The SMILES string of the molecule is CC(C)C(=O)N1CCc2ccc(OCc3nc(C(=O)NCc4ccco4)co3)cc2[C@H]1c1ccc(F)cc1. The van der Waals surface area contributed by atoms with Gasteiger partial charge in [0.05, 0.1) is 18.8 Å². The van der Waals surface area contributed by atoms with Crippen LogP contribution in [0.3, 0.4) is 0 Å². The summed E-state index contributed by atoms with van der Waals surface area (Å²) in [4.78, 5) is 31.5. The minimum Gasteiger partial charge on any atom is -0.484 e. The van der Waals surface area contributed by atoms with Crippen molar-refractivity contribution in [1.29, 1.82) is 0 Å². The van der Waals surface area contributed by atoms with E-state index in [1.807, 2.05) is 36.9 Å². The first-order chi connectivity index (χ1) is 18.4. The number of fused-ring (bicyclic) bond motifs is 1. The number of carbonyl (C=O) groups is 2. The minimum atomic E-state index is -0.387. The Labute approximate surface area is 219 Å². The van der Waals surface area contributed by atoms with E-state index in [1.165, 1.54) is 24.7 Å². The van der Waals surface area contributed by atoms with Crippen LogP contribution in [0.5, 0.6) is 5.75 Å². The van der Waals surface area contributed by atoms with Gasteiger partial charge < -0.3 is 23.8 Å². The Morgan fingerprint density at radius 3 is 2.71 bits per heavy atom. The molecular weight excluding hydrogens is 489 g/mol. The molecule has 0 spiro atoms. The van der Waals surface area contributed by atoms with Gasteiger partial charge in [0, 0.05) is 12.5 Å². The number of oxazole rings is 1. The first kappa shape index (κ1) is 25.3. The lowest BCUT2D eigenvalue weighted by molar-refractivity contribution is -0.136. The third-order valence-corrected chi connectivity index (χ3v) is 6.46. The van der Waals surface area contributed by atoms with Crippen molar-refractivity contribution in [2.24, 2.45) is 5.92 Å². The highest BCUT2D eigenvalue weighted by molar-refractivity contribution is 5.91. The molecule has 0 saturated heterocycles. The van der Waals surface area contributed by atoms with E-state index >= 15 is 0 Å². The Hall–Kier alpha value is -4.40. The lowest BCUT2D eigenvalue weighted by atomic mass is 9.87. The highest BCUT2D eigenvalue weighted by Crippen LogP contribution is 2.38. The molecule has 3 heterocycles. The Balaban J connectivity index is 1.32. The third-order valence-electron chi connectivity index (χ3n) is 6.46. The van der Waals surface area contributed by atoms with Crippen molar-refractivity contribution >= 4 is 11.8 Å². The highest BCUT2D eigenvalue weighted by atomic mass is 19.1. The molecule has 1 atom stereocenters. The Morgan fingerprint density at radius 1 is 1.16 bits per heavy atom. The molecule has 2 aromatic heterocycles. The van der Waals surface area contributed by atoms with E-state index in [-0.39, 0.29) is 54.3 Å². The maximum atomic E-state index is 13.7. The number of nitrogens with zero attached hydrogens (tertiary/aromatic N) is 2. The largest absolute Gasteiger partial charge is 0.484 e. The van der Waals surface area contributed by atoms with Crippen LogP contribution >= 0.6 is 0 Å². The van der Waals surface area contributed by atoms with E-state index in [0.717, 1.165) is 16.7 Å². The fourth-order valence-corrected chi connectivity index (χ4v) is 4.55. The van der Waals surface area contributed by atoms with Crippen molar-refractivity contribution in [3.8, 4) is 5.75 Å². The fourth-order valence-electron chi connectivity index (χ4n) is 4.55. The standard InChI is InChI=1S/C29H28FN3O5/c1-18(2)29(35)33-12-11-19-7-10-22(14-24(19)27(33)20-5-8-21(30)9-6-20)37-17-26-32-25(16-38-26)28(34)31-15-23-4-3-13-36-23/h3-10,13-14,16,18,27H,11-12,15,17H2,1-2H3,(H,31,34)/t27-/m1/s1. The smallest absolute Gasteiger partial charge is 0.273 e. The third kappa shape index (κ3) is 5.46. The molecule has 0 radical (unpaired) electrons. The number of hydrogen-bond donors (Lipinski definition) is 1. The molecule has 0 saturated carbocycles. The number of carbonyl (C=O) groups excluding carboxylic acids is 2. The summed E-state index contributed by atoms with van der Waals surface area (Å²) in [6.07, 6.45) is 3.53. The Bertz CT molecular complexity index is 1410. The van der Waals surface area contributed by atoms with Gasteiger partial charge in [-0.05, 0) is 59.5 Å². The molecule has 196 valence electrons. The molecule has 1 aliphatic rings. The maximum absolute atomic E-state index is 13.7. The minimum absolute atomic E-state index is 0.0140. The number of nitrogens with one attached hydrogen (secondary N) is 1. The molecule has 9 heteroatoms. The van der Waals surface area contributed by atoms with Crippen molar-refractivity contribution < 1.29 is 27.6 Å². The molecule has 5 rings (SSSR count). The summed E-state index contributed by atoms with van der Waals surface area (Å²) in [6.45, 7) is 4.58. The lowest BCUT2D eigenvalue weighted by Gasteiger charge is -2.39. The Kier molecular flexibility index (Phi) is 7.26. The molecular formula is C29H28FN3O5. The molecule has 2 amide bonds. The molecule has 2 aromatic carbocycles. The predicted molar refractivity (Wildman–Crippen MR) is 136 cm³/mol. The number of hydrogen-bond acceptors (Lipinski definition) is 6. The second kappa shape index (κ2) is 10.9. The van der Waals surface area contributed by atoms with E-state index in [2.05, 4.69) is 10.3 Å². The van der Waals surface area contributed by atoms with Gasteiger partial charge in [-0.2, -0.15) is 0 Å². The number of rotatable bonds is 8. The van der Waals surface area contributed by atoms with Crippen LogP contribution in [-0.4, -0.2) is 28.2 Å². The van der Waals surface area contributed by atoms with Gasteiger partial charge in [-0.1, -0.05) is 32.0 Å². The average Bonchev–Trinajstić information content (AvgIpc) is 3.62. The average molecular weight is 518 g/mol. The van der Waals surface area contributed by atoms with Crippen molar-refractivity contribution in [3.63, 3.8) is 0 Å². The van der Waals surface area contributed by atoms with Crippen LogP contribution < -0.4 is 10.1 Å². The second-order valence-corrected chi connectivity index (χ2v) is 9.43. The summed E-state index contributed by atoms with van der Waals surface area (Å²) in [5.41, 5.74) is 3.00. The van der Waals surface area contributed by atoms with E-state index < -0.39 is 0 Å². The molecule has 0 unspecified atom stereocenters. The van der Waals surface area contributed by atoms with E-state index in [0.29, 0.717) is 24.5 Å². The summed E-state index contributed by atoms with van der Waals surface area (Å²) in [7, 11) is 0. The predicted octanol–water partition coefficient (Wildman–Crippen LogP) is 5.05. The number of aromatic nitrogens is 1. The fraction of sp³-hybridized carbons (Fsp3) is 0.276. The van der Waals surface area contributed by atoms with Crippen LogP contribution in [0.2, 0.25) is 0 Å². The van der Waals surface area contributed by atoms with Crippen molar-refractivity contribution in [1.82, 2.24) is 15.2 Å². The highest BCUT2D eigenvalue weighted by Gasteiger charge is 2.33. The molecule has 38 heavy (non-hydrogen) atoms. The molecule has 0 fully saturated rings. The summed E-state index contributed by atoms with van der Waals surface area (Å²) >= 11 is 0. The quantitative estimate of drug-likeness (QED) is 0.352. The second-order valence-electron chi connectivity index (χ2n) is 9.43. The number of furan rings is 1. The molecule has 0 bridgehead atoms. The molecule has 4 aromatic rings. The van der Waals surface area contributed by atoms with E-state index in [1.54, 1.807) is 24.3 Å². The zero-order valence-corrected chi connectivity index (χ0v) is 21.1. The van der Waals surface area contributed by atoms with Crippen LogP contribution in [0.15, 0.2) is 76.0 Å². The number of halogens is 1. The van der Waals surface area contributed by atoms with Gasteiger partial charge in [0.15, 0.2) is 12.3 Å². The number of amides is 2. The normalized spacial score (nSPS) is 14.8. The van der Waals surface area contributed by atoms with Gasteiger partial charge in [0.25, 0.3) is 5.91 Å². The van der Waals surface area contributed by atoms with Crippen molar-refractivity contribution in [2.75, 3.05) is 6.54 Å². The van der Waals surface area contributed by atoms with Gasteiger partial charge in [-0.15, -0.1) is 0 Å². The maximum Gasteiger partial charge on any atom is 0.273 e. The Morgan fingerprint density at radius 2 is 1.97 bits per heavy atom. The first-order valence-electron chi connectivity index (χ1n) is 12.5. The zero-order valence-electron chi connectivity index (χ0n) is 21.1. The number of benzene rings is 2. The summed E-state index contributed by atoms with van der Waals surface area (Å²) in [5.74, 6) is 0.592. The monoisotopic (exact) mass is 517 g/mol. The van der Waals surface area contributed by atoms with Crippen LogP contribution in [0.1, 0.15) is 58.7 Å². The summed E-state index contributed by atoms with van der Waals surface area (Å²) in [6, 6.07) is 15.2. The van der Waals surface area contributed by atoms with Crippen LogP contribution in [0.25, 0.3) is 0 Å². The first-order valence-corrected chi connectivity index (χ1v) is 12.5. The number of ether oxygens (including phenoxy) is 1. The van der Waals surface area contributed by atoms with E-state index in [4.69, 9.17) is 13.6 Å².